The Kier molecular flexibility index (Phi) is 61.6. The topological polar surface area (TPSA) is 78.9 Å². The van der Waals surface area contributed by atoms with Gasteiger partial charge in [0, 0.05) is 19.3 Å². The van der Waals surface area contributed by atoms with Gasteiger partial charge >= 0.3 is 17.9 Å². The van der Waals surface area contributed by atoms with E-state index >= 15 is 0 Å². The van der Waals surface area contributed by atoms with Crippen molar-refractivity contribution >= 4 is 17.9 Å². The van der Waals surface area contributed by atoms with Crippen molar-refractivity contribution in [2.75, 3.05) is 13.2 Å². The second-order valence-electron chi connectivity index (χ2n) is 23.1. The van der Waals surface area contributed by atoms with Gasteiger partial charge < -0.3 is 14.2 Å². The molecule has 6 heteroatoms. The summed E-state index contributed by atoms with van der Waals surface area (Å²) in [7, 11) is 0. The minimum atomic E-state index is -0.760. The van der Waals surface area contributed by atoms with Gasteiger partial charge in [-0.2, -0.15) is 0 Å². The highest BCUT2D eigenvalue weighted by atomic mass is 16.6. The molecule has 0 bridgehead atoms. The molecular weight excluding hydrogens is 901 g/mol. The maximum Gasteiger partial charge on any atom is 0.306 e. The fraction of sp³-hybridized carbons (Fsp3) is 0.955. The van der Waals surface area contributed by atoms with E-state index in [4.69, 9.17) is 14.2 Å². The number of hydrogen-bond acceptors (Lipinski definition) is 6. The summed E-state index contributed by atoms with van der Waals surface area (Å²) in [6, 6.07) is 0. The van der Waals surface area contributed by atoms with Crippen LogP contribution in [0.15, 0.2) is 0 Å². The van der Waals surface area contributed by atoms with Crippen LogP contribution >= 0.6 is 0 Å². The Morgan fingerprint density at radius 3 is 0.548 bits per heavy atom. The van der Waals surface area contributed by atoms with Crippen LogP contribution in [0.3, 0.4) is 0 Å². The zero-order chi connectivity index (χ0) is 52.9. The van der Waals surface area contributed by atoms with Crippen molar-refractivity contribution in [3.8, 4) is 0 Å². The van der Waals surface area contributed by atoms with Crippen LogP contribution in [0, 0.1) is 0 Å². The van der Waals surface area contributed by atoms with E-state index in [1.54, 1.807) is 0 Å². The Labute approximate surface area is 457 Å². The van der Waals surface area contributed by atoms with Crippen molar-refractivity contribution < 1.29 is 28.6 Å². The number of unbranched alkanes of at least 4 members (excludes halogenated alkanes) is 52. The van der Waals surface area contributed by atoms with Crippen LogP contribution < -0.4 is 0 Å². The van der Waals surface area contributed by atoms with Crippen molar-refractivity contribution in [1.29, 1.82) is 0 Å². The zero-order valence-electron chi connectivity index (χ0n) is 50.0. The lowest BCUT2D eigenvalue weighted by atomic mass is 10.0. The fourth-order valence-corrected chi connectivity index (χ4v) is 10.6. The maximum absolute atomic E-state index is 12.8. The van der Waals surface area contributed by atoms with Gasteiger partial charge in [0.2, 0.25) is 0 Å². The van der Waals surface area contributed by atoms with E-state index in [1.807, 2.05) is 0 Å². The first-order valence-corrected chi connectivity index (χ1v) is 33.5. The summed E-state index contributed by atoms with van der Waals surface area (Å²) in [6.07, 6.45) is 73.1. The molecule has 0 N–H and O–H groups in total. The Balaban J connectivity index is 3.92. The summed E-state index contributed by atoms with van der Waals surface area (Å²) in [5.74, 6) is -0.838. The quantitative estimate of drug-likeness (QED) is 0.0343. The molecule has 73 heavy (non-hydrogen) atoms. The SMILES string of the molecule is CCCCCCCCCCCCCCCCCCCCCCCCCCCCCCCCCCC(=O)OCC(COC(=O)CCCCCCCCC)OC(=O)CCCCCCCCCCCCCCCCCC. The van der Waals surface area contributed by atoms with Gasteiger partial charge in [0.1, 0.15) is 13.2 Å². The highest BCUT2D eigenvalue weighted by Crippen LogP contribution is 2.19. The second-order valence-corrected chi connectivity index (χ2v) is 23.1. The molecule has 0 spiro atoms. The molecule has 0 saturated heterocycles. The van der Waals surface area contributed by atoms with Crippen LogP contribution in [0.2, 0.25) is 0 Å². The molecule has 6 nitrogen and oxygen atoms in total. The summed E-state index contributed by atoms with van der Waals surface area (Å²) < 4.78 is 16.8. The van der Waals surface area contributed by atoms with E-state index in [-0.39, 0.29) is 31.1 Å². The Bertz CT molecular complexity index is 1090. The van der Waals surface area contributed by atoms with Gasteiger partial charge in [-0.3, -0.25) is 14.4 Å². The third-order valence-corrected chi connectivity index (χ3v) is 15.6. The highest BCUT2D eigenvalue weighted by molar-refractivity contribution is 5.71. The molecule has 0 aliphatic carbocycles. The van der Waals surface area contributed by atoms with Gasteiger partial charge in [0.15, 0.2) is 6.10 Å². The van der Waals surface area contributed by atoms with E-state index in [9.17, 15) is 14.4 Å². The van der Waals surface area contributed by atoms with Crippen molar-refractivity contribution in [1.82, 2.24) is 0 Å². The van der Waals surface area contributed by atoms with Crippen molar-refractivity contribution in [3.63, 3.8) is 0 Å². The molecule has 0 saturated carbocycles. The van der Waals surface area contributed by atoms with Crippen molar-refractivity contribution in [2.24, 2.45) is 0 Å². The van der Waals surface area contributed by atoms with Gasteiger partial charge in [-0.05, 0) is 19.3 Å². The van der Waals surface area contributed by atoms with Crippen LogP contribution in [0.4, 0.5) is 0 Å². The summed E-state index contributed by atoms with van der Waals surface area (Å²) in [4.78, 5) is 38.0. The van der Waals surface area contributed by atoms with E-state index in [1.165, 1.54) is 295 Å². The second kappa shape index (κ2) is 62.9. The first kappa shape index (κ1) is 71.4. The molecule has 1 atom stereocenters. The van der Waals surface area contributed by atoms with Crippen LogP contribution in [-0.2, 0) is 28.6 Å². The largest absolute Gasteiger partial charge is 0.462 e. The number of rotatable bonds is 63. The highest BCUT2D eigenvalue weighted by Gasteiger charge is 2.19. The lowest BCUT2D eigenvalue weighted by Crippen LogP contribution is -2.30. The summed E-state index contributed by atoms with van der Waals surface area (Å²) >= 11 is 0. The molecule has 0 aromatic rings. The van der Waals surface area contributed by atoms with Crippen molar-refractivity contribution in [3.05, 3.63) is 0 Å². The first-order chi connectivity index (χ1) is 36.0. The summed E-state index contributed by atoms with van der Waals surface area (Å²) in [5.41, 5.74) is 0. The predicted octanol–water partition coefficient (Wildman–Crippen LogP) is 22.7. The summed E-state index contributed by atoms with van der Waals surface area (Å²) in [5, 5.41) is 0. The van der Waals surface area contributed by atoms with E-state index in [0.29, 0.717) is 19.3 Å². The fourth-order valence-electron chi connectivity index (χ4n) is 10.6. The number of carbonyl (C=O) groups excluding carboxylic acids is 3. The molecule has 0 aliphatic heterocycles. The standard InChI is InChI=1S/C67H130O6/c1-4-7-10-13-16-18-20-22-24-26-27-28-29-30-31-32-33-34-35-36-37-38-39-40-41-43-44-46-48-51-54-57-60-66(69)72-63-64(62-71-65(68)59-56-53-50-15-12-9-6-3)73-67(70)61-58-55-52-49-47-45-42-25-23-21-19-17-14-11-8-5-2/h64H,4-63H2,1-3H3. The number of hydrogen-bond donors (Lipinski definition) is 0. The molecule has 0 aromatic carbocycles. The van der Waals surface area contributed by atoms with Gasteiger partial charge in [0.25, 0.3) is 0 Å². The molecule has 434 valence electrons. The molecular formula is C67H130O6. The average molecular weight is 1030 g/mol. The number of esters is 3. The number of carbonyl (C=O) groups is 3. The minimum Gasteiger partial charge on any atom is -0.462 e. The number of ether oxygens (including phenoxy) is 3. The predicted molar refractivity (Wildman–Crippen MR) is 317 cm³/mol. The zero-order valence-corrected chi connectivity index (χ0v) is 50.0. The first-order valence-electron chi connectivity index (χ1n) is 33.5. The van der Waals surface area contributed by atoms with E-state index in [2.05, 4.69) is 20.8 Å². The lowest BCUT2D eigenvalue weighted by molar-refractivity contribution is -0.167. The minimum absolute atomic E-state index is 0.0616. The monoisotopic (exact) mass is 1030 g/mol. The molecule has 0 fully saturated rings. The molecule has 0 aliphatic rings. The third-order valence-electron chi connectivity index (χ3n) is 15.6. The van der Waals surface area contributed by atoms with Gasteiger partial charge in [0.05, 0.1) is 0 Å². The van der Waals surface area contributed by atoms with Crippen LogP contribution in [0.5, 0.6) is 0 Å². The van der Waals surface area contributed by atoms with Crippen molar-refractivity contribution in [2.45, 2.75) is 399 Å². The summed E-state index contributed by atoms with van der Waals surface area (Å²) in [6.45, 7) is 6.68. The molecule has 0 radical (unpaired) electrons. The lowest BCUT2D eigenvalue weighted by Gasteiger charge is -2.18. The van der Waals surface area contributed by atoms with Crippen LogP contribution in [0.1, 0.15) is 393 Å². The van der Waals surface area contributed by atoms with E-state index < -0.39 is 6.10 Å². The molecule has 0 amide bonds. The van der Waals surface area contributed by atoms with Crippen LogP contribution in [0.25, 0.3) is 0 Å². The normalized spacial score (nSPS) is 11.9. The van der Waals surface area contributed by atoms with Gasteiger partial charge in [-0.25, -0.2) is 0 Å². The average Bonchev–Trinajstić information content (AvgIpc) is 3.39. The smallest absolute Gasteiger partial charge is 0.306 e. The van der Waals surface area contributed by atoms with E-state index in [0.717, 1.165) is 57.8 Å². The Morgan fingerprint density at radius 2 is 0.370 bits per heavy atom. The Morgan fingerprint density at radius 1 is 0.219 bits per heavy atom. The molecule has 0 heterocycles. The maximum atomic E-state index is 12.8. The Hall–Kier alpha value is -1.59. The van der Waals surface area contributed by atoms with Gasteiger partial charge in [-0.1, -0.05) is 355 Å². The molecule has 1 unspecified atom stereocenters. The third kappa shape index (κ3) is 61.1. The van der Waals surface area contributed by atoms with Crippen LogP contribution in [-0.4, -0.2) is 37.2 Å². The molecule has 0 rings (SSSR count). The molecule has 0 aromatic heterocycles. The van der Waals surface area contributed by atoms with Gasteiger partial charge in [-0.15, -0.1) is 0 Å².